The zero-order chi connectivity index (χ0) is 13.8. The number of nitrogens with one attached hydrogen (secondary N) is 1. The Morgan fingerprint density at radius 3 is 3.00 bits per heavy atom. The number of likely N-dealkylation sites (N-methyl/N-ethyl adjacent to an activating group) is 1. The molecule has 2 heterocycles. The van der Waals surface area contributed by atoms with E-state index in [1.165, 1.54) is 24.6 Å². The first-order valence-electron chi connectivity index (χ1n) is 7.71. The van der Waals surface area contributed by atoms with Crippen LogP contribution in [0.2, 0.25) is 0 Å². The number of nitrogens with zero attached hydrogens (tertiary/aromatic N) is 2. The maximum absolute atomic E-state index is 4.86. The molecule has 1 unspecified atom stereocenters. The molecule has 1 N–H and O–H groups in total. The smallest absolute Gasteiger partial charge is 0.129 e. The number of aromatic nitrogens is 1. The Morgan fingerprint density at radius 1 is 1.20 bits per heavy atom. The summed E-state index contributed by atoms with van der Waals surface area (Å²) in [5.41, 5.74) is 1.10. The van der Waals surface area contributed by atoms with E-state index in [4.69, 9.17) is 4.98 Å². The van der Waals surface area contributed by atoms with Gasteiger partial charge in [0.25, 0.3) is 0 Å². The molecule has 1 fully saturated rings. The van der Waals surface area contributed by atoms with Crippen LogP contribution in [0, 0.1) is 0 Å². The predicted molar refractivity (Wildman–Crippen MR) is 85.3 cm³/mol. The number of benzene rings is 1. The van der Waals surface area contributed by atoms with Crippen molar-refractivity contribution in [1.29, 1.82) is 0 Å². The quantitative estimate of drug-likeness (QED) is 0.924. The molecule has 3 nitrogen and oxygen atoms in total. The highest BCUT2D eigenvalue weighted by atomic mass is 15.2. The molecule has 3 heteroatoms. The van der Waals surface area contributed by atoms with E-state index in [2.05, 4.69) is 53.5 Å². The van der Waals surface area contributed by atoms with Crippen molar-refractivity contribution in [2.45, 2.75) is 32.2 Å². The van der Waals surface area contributed by atoms with E-state index < -0.39 is 0 Å². The normalized spacial score (nSPS) is 19.4. The molecule has 0 saturated carbocycles. The minimum atomic E-state index is 0.581. The van der Waals surface area contributed by atoms with Gasteiger partial charge >= 0.3 is 0 Å². The molecule has 1 atom stereocenters. The molecule has 1 aliphatic heterocycles. The predicted octanol–water partition coefficient (Wildman–Crippen LogP) is 3.20. The second-order valence-electron chi connectivity index (χ2n) is 5.51. The molecule has 0 radical (unpaired) electrons. The largest absolute Gasteiger partial charge is 0.352 e. The van der Waals surface area contributed by atoms with Gasteiger partial charge in [-0.15, -0.1) is 0 Å². The standard InChI is InChI=1S/C17H23N3/c1-2-18-13-15-8-5-6-12-20(15)17-11-10-14-7-3-4-9-16(14)19-17/h3-4,7,9-11,15,18H,2,5-6,8,12-13H2,1H3. The number of pyridine rings is 1. The van der Waals surface area contributed by atoms with Gasteiger partial charge in [-0.25, -0.2) is 4.98 Å². The van der Waals surface area contributed by atoms with Gasteiger partial charge in [-0.2, -0.15) is 0 Å². The number of hydrogen-bond donors (Lipinski definition) is 1. The van der Waals surface area contributed by atoms with Gasteiger partial charge in [0.2, 0.25) is 0 Å². The Kier molecular flexibility index (Phi) is 4.16. The minimum Gasteiger partial charge on any atom is -0.352 e. The molecule has 1 aromatic heterocycles. The first-order chi connectivity index (χ1) is 9.88. The number of anilines is 1. The molecule has 1 aromatic carbocycles. The van der Waals surface area contributed by atoms with E-state index in [0.29, 0.717) is 6.04 Å². The van der Waals surface area contributed by atoms with Gasteiger partial charge in [0.15, 0.2) is 0 Å². The summed E-state index contributed by atoms with van der Waals surface area (Å²) in [6, 6.07) is 13.3. The van der Waals surface area contributed by atoms with Crippen LogP contribution in [0.1, 0.15) is 26.2 Å². The zero-order valence-electron chi connectivity index (χ0n) is 12.2. The average Bonchev–Trinajstić information content (AvgIpc) is 2.53. The van der Waals surface area contributed by atoms with Crippen LogP contribution in [0.25, 0.3) is 10.9 Å². The van der Waals surface area contributed by atoms with Gasteiger partial charge in [-0.3, -0.25) is 0 Å². The van der Waals surface area contributed by atoms with Crippen molar-refractivity contribution in [3.63, 3.8) is 0 Å². The van der Waals surface area contributed by atoms with Crippen LogP contribution in [-0.4, -0.2) is 30.7 Å². The fourth-order valence-electron chi connectivity index (χ4n) is 3.04. The molecule has 0 spiro atoms. The number of para-hydroxylation sites is 1. The van der Waals surface area contributed by atoms with E-state index in [1.807, 2.05) is 0 Å². The van der Waals surface area contributed by atoms with Crippen molar-refractivity contribution in [3.05, 3.63) is 36.4 Å². The zero-order valence-corrected chi connectivity index (χ0v) is 12.2. The van der Waals surface area contributed by atoms with Crippen molar-refractivity contribution in [2.24, 2.45) is 0 Å². The Balaban J connectivity index is 1.86. The highest BCUT2D eigenvalue weighted by molar-refractivity contribution is 5.80. The van der Waals surface area contributed by atoms with E-state index in [1.54, 1.807) is 0 Å². The van der Waals surface area contributed by atoms with Crippen LogP contribution in [0.3, 0.4) is 0 Å². The lowest BCUT2D eigenvalue weighted by atomic mass is 10.0. The number of fused-ring (bicyclic) bond motifs is 1. The third-order valence-corrected chi connectivity index (χ3v) is 4.14. The fourth-order valence-corrected chi connectivity index (χ4v) is 3.04. The molecular weight excluding hydrogens is 246 g/mol. The van der Waals surface area contributed by atoms with E-state index in [-0.39, 0.29) is 0 Å². The van der Waals surface area contributed by atoms with Gasteiger partial charge in [0.05, 0.1) is 5.52 Å². The molecule has 3 rings (SSSR count). The van der Waals surface area contributed by atoms with Gasteiger partial charge in [-0.1, -0.05) is 25.1 Å². The SMILES string of the molecule is CCNCC1CCCCN1c1ccc2ccccc2n1. The summed E-state index contributed by atoms with van der Waals surface area (Å²) in [7, 11) is 0. The van der Waals surface area contributed by atoms with Crippen molar-refractivity contribution < 1.29 is 0 Å². The molecule has 1 saturated heterocycles. The second-order valence-corrected chi connectivity index (χ2v) is 5.51. The van der Waals surface area contributed by atoms with Crippen LogP contribution in [-0.2, 0) is 0 Å². The van der Waals surface area contributed by atoms with Gasteiger partial charge < -0.3 is 10.2 Å². The minimum absolute atomic E-state index is 0.581. The van der Waals surface area contributed by atoms with Crippen molar-refractivity contribution in [1.82, 2.24) is 10.3 Å². The fraction of sp³-hybridized carbons (Fsp3) is 0.471. The summed E-state index contributed by atoms with van der Waals surface area (Å²) in [5.74, 6) is 1.13. The Hall–Kier alpha value is -1.61. The highest BCUT2D eigenvalue weighted by Gasteiger charge is 2.23. The molecule has 20 heavy (non-hydrogen) atoms. The van der Waals surface area contributed by atoms with E-state index >= 15 is 0 Å². The first kappa shape index (κ1) is 13.4. The molecule has 2 aromatic rings. The van der Waals surface area contributed by atoms with Crippen LogP contribution >= 0.6 is 0 Å². The summed E-state index contributed by atoms with van der Waals surface area (Å²) in [5, 5.41) is 4.70. The van der Waals surface area contributed by atoms with E-state index in [9.17, 15) is 0 Å². The summed E-state index contributed by atoms with van der Waals surface area (Å²) in [6.45, 7) is 5.39. The highest BCUT2D eigenvalue weighted by Crippen LogP contribution is 2.25. The van der Waals surface area contributed by atoms with Crippen LogP contribution in [0.4, 0.5) is 5.82 Å². The lowest BCUT2D eigenvalue weighted by Gasteiger charge is -2.37. The molecule has 106 valence electrons. The molecular formula is C17H23N3. The Morgan fingerprint density at radius 2 is 2.10 bits per heavy atom. The van der Waals surface area contributed by atoms with E-state index in [0.717, 1.165) is 31.0 Å². The Labute approximate surface area is 121 Å². The summed E-state index contributed by atoms with van der Waals surface area (Å²) in [6.07, 6.45) is 3.87. The first-order valence-corrected chi connectivity index (χ1v) is 7.71. The number of hydrogen-bond acceptors (Lipinski definition) is 3. The maximum Gasteiger partial charge on any atom is 0.129 e. The Bertz CT molecular complexity index is 567. The molecule has 0 bridgehead atoms. The summed E-state index contributed by atoms with van der Waals surface area (Å²) in [4.78, 5) is 7.34. The van der Waals surface area contributed by atoms with Crippen molar-refractivity contribution in [3.8, 4) is 0 Å². The van der Waals surface area contributed by atoms with Crippen molar-refractivity contribution in [2.75, 3.05) is 24.5 Å². The van der Waals surface area contributed by atoms with Crippen LogP contribution in [0.5, 0.6) is 0 Å². The third-order valence-electron chi connectivity index (χ3n) is 4.14. The number of piperidine rings is 1. The van der Waals surface area contributed by atoms with Gasteiger partial charge in [-0.05, 0) is 44.0 Å². The maximum atomic E-state index is 4.86. The lowest BCUT2D eigenvalue weighted by Crippen LogP contribution is -2.46. The van der Waals surface area contributed by atoms with Crippen LogP contribution in [0.15, 0.2) is 36.4 Å². The third kappa shape index (κ3) is 2.78. The van der Waals surface area contributed by atoms with Gasteiger partial charge in [0.1, 0.15) is 5.82 Å². The molecule has 0 amide bonds. The van der Waals surface area contributed by atoms with Crippen molar-refractivity contribution >= 4 is 16.7 Å². The monoisotopic (exact) mass is 269 g/mol. The number of rotatable bonds is 4. The average molecular weight is 269 g/mol. The lowest BCUT2D eigenvalue weighted by molar-refractivity contribution is 0.437. The summed E-state index contributed by atoms with van der Waals surface area (Å²) < 4.78 is 0. The van der Waals surface area contributed by atoms with Gasteiger partial charge in [0, 0.05) is 24.5 Å². The second kappa shape index (κ2) is 6.23. The van der Waals surface area contributed by atoms with Crippen LogP contribution < -0.4 is 10.2 Å². The topological polar surface area (TPSA) is 28.2 Å². The molecule has 0 aliphatic carbocycles. The summed E-state index contributed by atoms with van der Waals surface area (Å²) >= 11 is 0. The molecule has 1 aliphatic rings.